The summed E-state index contributed by atoms with van der Waals surface area (Å²) in [5.74, 6) is 1.56. The largest absolute Gasteiger partial charge is 0.497 e. The van der Waals surface area contributed by atoms with Crippen molar-refractivity contribution in [1.82, 2.24) is 15.5 Å². The molecule has 7 nitrogen and oxygen atoms in total. The summed E-state index contributed by atoms with van der Waals surface area (Å²) in [4.78, 5) is 25.9. The number of benzene rings is 1. The number of carbonyl (C=O) groups is 2. The highest BCUT2D eigenvalue weighted by Crippen LogP contribution is 2.15. The molecule has 0 aliphatic carbocycles. The van der Waals surface area contributed by atoms with Crippen LogP contribution in [-0.4, -0.2) is 43.1 Å². The predicted molar refractivity (Wildman–Crippen MR) is 95.8 cm³/mol. The second kappa shape index (κ2) is 8.42. The topological polar surface area (TPSA) is 83.8 Å². The van der Waals surface area contributed by atoms with Crippen molar-refractivity contribution in [3.63, 3.8) is 0 Å². The standard InChI is InChI=1S/C19H23N3O4/c1-25-16-6-4-14(5-7-16)8-9-22-13-15(11-18(22)23)21-19(24)20-12-17-3-2-10-26-17/h2-7,10,15H,8-9,11-13H2,1H3,(H2,20,21,24)/t15-/m1/s1. The van der Waals surface area contributed by atoms with Gasteiger partial charge in [-0.3, -0.25) is 4.79 Å². The van der Waals surface area contributed by atoms with E-state index >= 15 is 0 Å². The number of carbonyl (C=O) groups excluding carboxylic acids is 2. The first-order valence-electron chi connectivity index (χ1n) is 8.61. The summed E-state index contributed by atoms with van der Waals surface area (Å²) in [6.07, 6.45) is 2.66. The van der Waals surface area contributed by atoms with Gasteiger partial charge in [-0.05, 0) is 36.2 Å². The van der Waals surface area contributed by atoms with E-state index in [1.165, 1.54) is 0 Å². The number of nitrogens with one attached hydrogen (secondary N) is 2. The van der Waals surface area contributed by atoms with Gasteiger partial charge in [0.15, 0.2) is 0 Å². The van der Waals surface area contributed by atoms with E-state index in [4.69, 9.17) is 9.15 Å². The molecule has 1 atom stereocenters. The summed E-state index contributed by atoms with van der Waals surface area (Å²) >= 11 is 0. The molecule has 0 saturated carbocycles. The van der Waals surface area contributed by atoms with Crippen LogP contribution in [0.1, 0.15) is 17.7 Å². The first-order chi connectivity index (χ1) is 12.6. The van der Waals surface area contributed by atoms with Crippen molar-refractivity contribution >= 4 is 11.9 Å². The molecule has 1 aromatic heterocycles. The van der Waals surface area contributed by atoms with Crippen LogP contribution in [0, 0.1) is 0 Å². The van der Waals surface area contributed by atoms with Crippen LogP contribution in [0.5, 0.6) is 5.75 Å². The normalized spacial score (nSPS) is 16.6. The van der Waals surface area contributed by atoms with E-state index in [9.17, 15) is 9.59 Å². The van der Waals surface area contributed by atoms with Crippen molar-refractivity contribution in [2.24, 2.45) is 0 Å². The summed E-state index contributed by atoms with van der Waals surface area (Å²) in [5, 5.41) is 5.57. The third-order valence-corrected chi connectivity index (χ3v) is 4.38. The Hall–Kier alpha value is -2.96. The molecule has 2 heterocycles. The van der Waals surface area contributed by atoms with Gasteiger partial charge in [-0.1, -0.05) is 12.1 Å². The van der Waals surface area contributed by atoms with Crippen molar-refractivity contribution < 1.29 is 18.7 Å². The Morgan fingerprint density at radius 3 is 2.81 bits per heavy atom. The first-order valence-corrected chi connectivity index (χ1v) is 8.61. The number of amides is 3. The SMILES string of the molecule is COc1ccc(CCN2C[C@H](NC(=O)NCc3ccco3)CC2=O)cc1. The van der Waals surface area contributed by atoms with Gasteiger partial charge in [0.2, 0.25) is 5.91 Å². The summed E-state index contributed by atoms with van der Waals surface area (Å²) in [6.45, 7) is 1.49. The van der Waals surface area contributed by atoms with Crippen molar-refractivity contribution in [2.45, 2.75) is 25.4 Å². The fourth-order valence-electron chi connectivity index (χ4n) is 2.96. The molecule has 2 N–H and O–H groups in total. The van der Waals surface area contributed by atoms with Crippen molar-refractivity contribution in [1.29, 1.82) is 0 Å². The maximum absolute atomic E-state index is 12.2. The highest BCUT2D eigenvalue weighted by Gasteiger charge is 2.30. The van der Waals surface area contributed by atoms with Crippen LogP contribution < -0.4 is 15.4 Å². The van der Waals surface area contributed by atoms with E-state index in [1.807, 2.05) is 24.3 Å². The van der Waals surface area contributed by atoms with E-state index in [0.29, 0.717) is 31.8 Å². The summed E-state index contributed by atoms with van der Waals surface area (Å²) in [5.41, 5.74) is 1.14. The molecule has 2 aromatic rings. The lowest BCUT2D eigenvalue weighted by atomic mass is 10.1. The number of hydrogen-bond acceptors (Lipinski definition) is 4. The van der Waals surface area contributed by atoms with Gasteiger partial charge in [0.1, 0.15) is 11.5 Å². The van der Waals surface area contributed by atoms with Crippen LogP contribution in [0.3, 0.4) is 0 Å². The quantitative estimate of drug-likeness (QED) is 0.793. The molecular formula is C19H23N3O4. The van der Waals surface area contributed by atoms with E-state index in [-0.39, 0.29) is 18.0 Å². The molecule has 138 valence electrons. The molecule has 1 aliphatic heterocycles. The molecule has 0 bridgehead atoms. The molecule has 1 saturated heterocycles. The van der Waals surface area contributed by atoms with Gasteiger partial charge in [0.25, 0.3) is 0 Å². The zero-order valence-electron chi connectivity index (χ0n) is 14.7. The maximum atomic E-state index is 12.2. The Morgan fingerprint density at radius 2 is 2.12 bits per heavy atom. The van der Waals surface area contributed by atoms with E-state index in [0.717, 1.165) is 17.7 Å². The lowest BCUT2D eigenvalue weighted by Gasteiger charge is -2.17. The number of furan rings is 1. The Labute approximate surface area is 152 Å². The Morgan fingerprint density at radius 1 is 1.31 bits per heavy atom. The minimum atomic E-state index is -0.295. The number of rotatable bonds is 7. The average Bonchev–Trinajstić information content (AvgIpc) is 3.28. The van der Waals surface area contributed by atoms with Gasteiger partial charge in [-0.25, -0.2) is 4.79 Å². The van der Waals surface area contributed by atoms with Gasteiger partial charge in [0.05, 0.1) is 26.0 Å². The molecule has 0 unspecified atom stereocenters. The first kappa shape index (κ1) is 17.8. The summed E-state index contributed by atoms with van der Waals surface area (Å²) < 4.78 is 10.3. The molecule has 7 heteroatoms. The number of nitrogens with zero attached hydrogens (tertiary/aromatic N) is 1. The smallest absolute Gasteiger partial charge is 0.315 e. The average molecular weight is 357 g/mol. The summed E-state index contributed by atoms with van der Waals surface area (Å²) in [6, 6.07) is 10.9. The van der Waals surface area contributed by atoms with Crippen LogP contribution in [0.2, 0.25) is 0 Å². The highest BCUT2D eigenvalue weighted by atomic mass is 16.5. The predicted octanol–water partition coefficient (Wildman–Crippen LogP) is 1.93. The Kier molecular flexibility index (Phi) is 5.78. The van der Waals surface area contributed by atoms with Gasteiger partial charge < -0.3 is 24.7 Å². The second-order valence-electron chi connectivity index (χ2n) is 6.25. The van der Waals surface area contributed by atoms with Crippen molar-refractivity contribution in [3.8, 4) is 5.75 Å². The van der Waals surface area contributed by atoms with Crippen LogP contribution in [0.4, 0.5) is 4.79 Å². The van der Waals surface area contributed by atoms with Crippen LogP contribution in [0.25, 0.3) is 0 Å². The number of likely N-dealkylation sites (tertiary alicyclic amines) is 1. The lowest BCUT2D eigenvalue weighted by Crippen LogP contribution is -2.43. The fraction of sp³-hybridized carbons (Fsp3) is 0.368. The van der Waals surface area contributed by atoms with Crippen LogP contribution >= 0.6 is 0 Å². The molecule has 3 rings (SSSR count). The highest BCUT2D eigenvalue weighted by molar-refractivity contribution is 5.81. The Balaban J connectivity index is 1.41. The number of ether oxygens (including phenoxy) is 1. The molecule has 0 radical (unpaired) electrons. The van der Waals surface area contributed by atoms with Crippen LogP contribution in [0.15, 0.2) is 47.1 Å². The van der Waals surface area contributed by atoms with Crippen molar-refractivity contribution in [3.05, 3.63) is 54.0 Å². The van der Waals surface area contributed by atoms with Crippen molar-refractivity contribution in [2.75, 3.05) is 20.2 Å². The Bertz CT molecular complexity index is 728. The fourth-order valence-corrected chi connectivity index (χ4v) is 2.96. The molecule has 0 spiro atoms. The third-order valence-electron chi connectivity index (χ3n) is 4.38. The third kappa shape index (κ3) is 4.78. The van der Waals surface area contributed by atoms with E-state index < -0.39 is 0 Å². The number of urea groups is 1. The second-order valence-corrected chi connectivity index (χ2v) is 6.25. The molecular weight excluding hydrogens is 334 g/mol. The molecule has 26 heavy (non-hydrogen) atoms. The van der Waals surface area contributed by atoms with Gasteiger partial charge >= 0.3 is 6.03 Å². The summed E-state index contributed by atoms with van der Waals surface area (Å²) in [7, 11) is 1.63. The van der Waals surface area contributed by atoms with Gasteiger partial charge in [-0.2, -0.15) is 0 Å². The monoisotopic (exact) mass is 357 g/mol. The zero-order valence-corrected chi connectivity index (χ0v) is 14.7. The zero-order chi connectivity index (χ0) is 18.4. The number of hydrogen-bond donors (Lipinski definition) is 2. The molecule has 3 amide bonds. The molecule has 1 aliphatic rings. The minimum absolute atomic E-state index is 0.0647. The minimum Gasteiger partial charge on any atom is -0.497 e. The van der Waals surface area contributed by atoms with Gasteiger partial charge in [-0.15, -0.1) is 0 Å². The van der Waals surface area contributed by atoms with Crippen LogP contribution in [-0.2, 0) is 17.8 Å². The van der Waals surface area contributed by atoms with E-state index in [1.54, 1.807) is 30.4 Å². The van der Waals surface area contributed by atoms with E-state index in [2.05, 4.69) is 10.6 Å². The number of methoxy groups -OCH3 is 1. The molecule has 1 fully saturated rings. The molecule has 1 aromatic carbocycles. The maximum Gasteiger partial charge on any atom is 0.315 e. The van der Waals surface area contributed by atoms with Gasteiger partial charge in [0, 0.05) is 19.5 Å². The lowest BCUT2D eigenvalue weighted by molar-refractivity contribution is -0.127.